The zero-order valence-corrected chi connectivity index (χ0v) is 15.1. The standard InChI is InChI=1S/C20H23N5O/c1-15-24-19(22-12-9-17-5-3-4-6-18(17)26-2)13-20(25-15)23-14-16-7-10-21-11-8-16/h3-8,10-11,13H,9,12,14H2,1-2H3,(H2,22,23,24,25). The summed E-state index contributed by atoms with van der Waals surface area (Å²) < 4.78 is 5.39. The highest BCUT2D eigenvalue weighted by Crippen LogP contribution is 2.18. The molecule has 0 saturated carbocycles. The van der Waals surface area contributed by atoms with Crippen molar-refractivity contribution in [3.05, 3.63) is 71.8 Å². The minimum absolute atomic E-state index is 0.694. The van der Waals surface area contributed by atoms with E-state index in [1.54, 1.807) is 19.5 Å². The zero-order chi connectivity index (χ0) is 18.2. The molecule has 0 aliphatic carbocycles. The summed E-state index contributed by atoms with van der Waals surface area (Å²) in [6, 6.07) is 13.9. The molecule has 0 aliphatic rings. The van der Waals surface area contributed by atoms with Crippen LogP contribution in [0.3, 0.4) is 0 Å². The Bertz CT molecular complexity index is 839. The van der Waals surface area contributed by atoms with E-state index in [1.807, 2.05) is 43.3 Å². The number of aryl methyl sites for hydroxylation is 1. The van der Waals surface area contributed by atoms with E-state index in [2.05, 4.69) is 31.7 Å². The van der Waals surface area contributed by atoms with Crippen LogP contribution < -0.4 is 15.4 Å². The van der Waals surface area contributed by atoms with Crippen molar-refractivity contribution in [1.82, 2.24) is 15.0 Å². The normalized spacial score (nSPS) is 10.4. The minimum atomic E-state index is 0.694. The summed E-state index contributed by atoms with van der Waals surface area (Å²) in [5.74, 6) is 3.25. The molecule has 6 nitrogen and oxygen atoms in total. The molecule has 0 amide bonds. The molecule has 0 bridgehead atoms. The SMILES string of the molecule is COc1ccccc1CCNc1cc(NCc2ccncc2)nc(C)n1. The molecule has 26 heavy (non-hydrogen) atoms. The summed E-state index contributed by atoms with van der Waals surface area (Å²) in [5, 5.41) is 6.70. The second-order valence-corrected chi connectivity index (χ2v) is 5.88. The van der Waals surface area contributed by atoms with Gasteiger partial charge in [-0.2, -0.15) is 0 Å². The summed E-state index contributed by atoms with van der Waals surface area (Å²) in [4.78, 5) is 12.9. The molecule has 0 radical (unpaired) electrons. The quantitative estimate of drug-likeness (QED) is 0.649. The maximum Gasteiger partial charge on any atom is 0.132 e. The van der Waals surface area contributed by atoms with Crippen LogP contribution >= 0.6 is 0 Å². The molecule has 0 fully saturated rings. The molecule has 3 rings (SSSR count). The van der Waals surface area contributed by atoms with Crippen LogP contribution in [0.15, 0.2) is 54.9 Å². The van der Waals surface area contributed by atoms with Crippen LogP contribution in [-0.2, 0) is 13.0 Å². The van der Waals surface area contributed by atoms with E-state index in [1.165, 1.54) is 5.56 Å². The van der Waals surface area contributed by atoms with E-state index in [0.717, 1.165) is 41.7 Å². The van der Waals surface area contributed by atoms with Gasteiger partial charge in [-0.15, -0.1) is 0 Å². The number of hydrogen-bond acceptors (Lipinski definition) is 6. The van der Waals surface area contributed by atoms with Gasteiger partial charge in [-0.05, 0) is 42.7 Å². The Hall–Kier alpha value is -3.15. The smallest absolute Gasteiger partial charge is 0.132 e. The van der Waals surface area contributed by atoms with E-state index < -0.39 is 0 Å². The molecule has 0 atom stereocenters. The first-order valence-electron chi connectivity index (χ1n) is 8.59. The number of nitrogens with one attached hydrogen (secondary N) is 2. The van der Waals surface area contributed by atoms with Crippen molar-refractivity contribution < 1.29 is 4.74 Å². The van der Waals surface area contributed by atoms with Gasteiger partial charge in [0.2, 0.25) is 0 Å². The van der Waals surface area contributed by atoms with Gasteiger partial charge in [0.25, 0.3) is 0 Å². The van der Waals surface area contributed by atoms with Crippen LogP contribution in [0.4, 0.5) is 11.6 Å². The Morgan fingerprint density at radius 3 is 2.46 bits per heavy atom. The summed E-state index contributed by atoms with van der Waals surface area (Å²) in [5.41, 5.74) is 2.33. The first-order valence-corrected chi connectivity index (χ1v) is 8.59. The van der Waals surface area contributed by atoms with Crippen LogP contribution in [0.5, 0.6) is 5.75 Å². The average molecular weight is 349 g/mol. The third kappa shape index (κ3) is 4.92. The molecule has 6 heteroatoms. The van der Waals surface area contributed by atoms with Gasteiger partial charge >= 0.3 is 0 Å². The molecule has 0 spiro atoms. The van der Waals surface area contributed by atoms with E-state index in [0.29, 0.717) is 6.54 Å². The third-order valence-corrected chi connectivity index (χ3v) is 3.95. The lowest BCUT2D eigenvalue weighted by Gasteiger charge is -2.11. The number of para-hydroxylation sites is 1. The van der Waals surface area contributed by atoms with Gasteiger partial charge in [0.05, 0.1) is 7.11 Å². The van der Waals surface area contributed by atoms with Gasteiger partial charge in [0, 0.05) is 31.5 Å². The van der Waals surface area contributed by atoms with Gasteiger partial charge in [-0.1, -0.05) is 18.2 Å². The fourth-order valence-corrected chi connectivity index (χ4v) is 2.68. The fourth-order valence-electron chi connectivity index (χ4n) is 2.68. The molecule has 0 unspecified atom stereocenters. The number of ether oxygens (including phenoxy) is 1. The molecule has 134 valence electrons. The highest BCUT2D eigenvalue weighted by Gasteiger charge is 2.04. The molecule has 2 N–H and O–H groups in total. The predicted octanol–water partition coefficient (Wildman–Crippen LogP) is 3.46. The average Bonchev–Trinajstić information content (AvgIpc) is 2.67. The molecule has 0 aliphatic heterocycles. The highest BCUT2D eigenvalue weighted by atomic mass is 16.5. The van der Waals surface area contributed by atoms with E-state index in [9.17, 15) is 0 Å². The predicted molar refractivity (Wildman–Crippen MR) is 104 cm³/mol. The number of pyridine rings is 1. The van der Waals surface area contributed by atoms with Crippen molar-refractivity contribution in [2.24, 2.45) is 0 Å². The highest BCUT2D eigenvalue weighted by molar-refractivity contribution is 5.48. The maximum atomic E-state index is 5.39. The molecular formula is C20H23N5O. The Labute approximate surface area is 153 Å². The molecule has 2 heterocycles. The summed E-state index contributed by atoms with van der Waals surface area (Å²) >= 11 is 0. The number of rotatable bonds is 8. The number of nitrogens with zero attached hydrogens (tertiary/aromatic N) is 3. The zero-order valence-electron chi connectivity index (χ0n) is 15.1. The van der Waals surface area contributed by atoms with Crippen LogP contribution in [0.2, 0.25) is 0 Å². The monoisotopic (exact) mass is 349 g/mol. The lowest BCUT2D eigenvalue weighted by atomic mass is 10.1. The molecular weight excluding hydrogens is 326 g/mol. The van der Waals surface area contributed by atoms with E-state index >= 15 is 0 Å². The molecule has 2 aromatic heterocycles. The van der Waals surface area contributed by atoms with Crippen molar-refractivity contribution in [3.8, 4) is 5.75 Å². The van der Waals surface area contributed by atoms with Crippen LogP contribution in [0.25, 0.3) is 0 Å². The number of hydrogen-bond donors (Lipinski definition) is 2. The van der Waals surface area contributed by atoms with Gasteiger partial charge in [-0.3, -0.25) is 4.98 Å². The van der Waals surface area contributed by atoms with E-state index in [4.69, 9.17) is 4.74 Å². The van der Waals surface area contributed by atoms with Gasteiger partial charge in [0.15, 0.2) is 0 Å². The summed E-state index contributed by atoms with van der Waals surface area (Å²) in [6.45, 7) is 3.35. The molecule has 0 saturated heterocycles. The van der Waals surface area contributed by atoms with Gasteiger partial charge in [-0.25, -0.2) is 9.97 Å². The second-order valence-electron chi connectivity index (χ2n) is 5.88. The number of anilines is 2. The Morgan fingerprint density at radius 2 is 1.69 bits per heavy atom. The maximum absolute atomic E-state index is 5.39. The van der Waals surface area contributed by atoms with Crippen molar-refractivity contribution in [1.29, 1.82) is 0 Å². The first kappa shape index (κ1) is 17.7. The van der Waals surface area contributed by atoms with Crippen molar-refractivity contribution >= 4 is 11.6 Å². The first-order chi connectivity index (χ1) is 12.7. The van der Waals surface area contributed by atoms with Gasteiger partial charge in [0.1, 0.15) is 23.2 Å². The molecule has 1 aromatic carbocycles. The Morgan fingerprint density at radius 1 is 0.962 bits per heavy atom. The van der Waals surface area contributed by atoms with E-state index in [-0.39, 0.29) is 0 Å². The van der Waals surface area contributed by atoms with Crippen LogP contribution in [0, 0.1) is 6.92 Å². The van der Waals surface area contributed by atoms with Crippen molar-refractivity contribution in [2.75, 3.05) is 24.3 Å². The number of methoxy groups -OCH3 is 1. The lowest BCUT2D eigenvalue weighted by Crippen LogP contribution is -2.10. The topological polar surface area (TPSA) is 72.0 Å². The van der Waals surface area contributed by atoms with Crippen LogP contribution in [0.1, 0.15) is 17.0 Å². The number of aromatic nitrogens is 3. The Balaban J connectivity index is 1.59. The lowest BCUT2D eigenvalue weighted by molar-refractivity contribution is 0.410. The van der Waals surface area contributed by atoms with Crippen molar-refractivity contribution in [3.63, 3.8) is 0 Å². The fraction of sp³-hybridized carbons (Fsp3) is 0.250. The number of benzene rings is 1. The largest absolute Gasteiger partial charge is 0.496 e. The Kier molecular flexibility index (Phi) is 5.98. The molecule has 3 aromatic rings. The summed E-state index contributed by atoms with van der Waals surface area (Å²) in [7, 11) is 1.70. The minimum Gasteiger partial charge on any atom is -0.496 e. The third-order valence-electron chi connectivity index (χ3n) is 3.95. The summed E-state index contributed by atoms with van der Waals surface area (Å²) in [6.07, 6.45) is 4.42. The second kappa shape index (κ2) is 8.80. The van der Waals surface area contributed by atoms with Crippen LogP contribution in [-0.4, -0.2) is 28.6 Å². The van der Waals surface area contributed by atoms with Gasteiger partial charge < -0.3 is 15.4 Å². The van der Waals surface area contributed by atoms with Crippen molar-refractivity contribution in [2.45, 2.75) is 19.9 Å².